The Bertz CT molecular complexity index is 373. The van der Waals surface area contributed by atoms with Gasteiger partial charge in [-0.2, -0.15) is 0 Å². The molecule has 0 spiro atoms. The molecule has 1 aromatic rings. The van der Waals surface area contributed by atoms with E-state index in [2.05, 4.69) is 0 Å². The van der Waals surface area contributed by atoms with Crippen LogP contribution >= 0.6 is 0 Å². The third-order valence-electron chi connectivity index (χ3n) is 3.47. The molecule has 0 aromatic heterocycles. The fourth-order valence-corrected chi connectivity index (χ4v) is 2.41. The van der Waals surface area contributed by atoms with E-state index in [9.17, 15) is 15.3 Å². The summed E-state index contributed by atoms with van der Waals surface area (Å²) in [4.78, 5) is 1.91. The van der Waals surface area contributed by atoms with Crippen molar-refractivity contribution in [2.24, 2.45) is 0 Å². The van der Waals surface area contributed by atoms with Crippen LogP contribution in [0.5, 0.6) is 5.75 Å². The molecular formula is C14H21NO4. The second-order valence-electron chi connectivity index (χ2n) is 4.82. The van der Waals surface area contributed by atoms with Crippen LogP contribution in [0.4, 0.5) is 0 Å². The molecule has 0 aliphatic carbocycles. The van der Waals surface area contributed by atoms with E-state index in [4.69, 9.17) is 4.74 Å². The summed E-state index contributed by atoms with van der Waals surface area (Å²) in [5, 5.41) is 28.5. The minimum absolute atomic E-state index is 0.141. The summed E-state index contributed by atoms with van der Waals surface area (Å²) >= 11 is 0. The second kappa shape index (κ2) is 6.86. The van der Waals surface area contributed by atoms with E-state index in [0.29, 0.717) is 19.7 Å². The van der Waals surface area contributed by atoms with Crippen molar-refractivity contribution in [3.05, 3.63) is 30.3 Å². The first-order valence-corrected chi connectivity index (χ1v) is 6.61. The molecule has 5 nitrogen and oxygen atoms in total. The van der Waals surface area contributed by atoms with Gasteiger partial charge in [-0.1, -0.05) is 18.2 Å². The molecule has 0 unspecified atom stereocenters. The molecule has 1 fully saturated rings. The molecule has 3 N–H and O–H groups in total. The summed E-state index contributed by atoms with van der Waals surface area (Å²) < 4.78 is 5.57. The van der Waals surface area contributed by atoms with E-state index >= 15 is 0 Å². The van der Waals surface area contributed by atoms with Crippen LogP contribution in [0.3, 0.4) is 0 Å². The van der Waals surface area contributed by atoms with Crippen LogP contribution in [0.15, 0.2) is 30.3 Å². The van der Waals surface area contributed by atoms with Crippen molar-refractivity contribution in [3.63, 3.8) is 0 Å². The number of ether oxygens (including phenoxy) is 1. The molecule has 1 heterocycles. The fourth-order valence-electron chi connectivity index (χ4n) is 2.41. The number of likely N-dealkylation sites (tertiary alicyclic amines) is 1. The zero-order valence-electron chi connectivity index (χ0n) is 10.9. The quantitative estimate of drug-likeness (QED) is 0.625. The van der Waals surface area contributed by atoms with Gasteiger partial charge in [0.1, 0.15) is 5.75 Å². The molecule has 0 bridgehead atoms. The Hall–Kier alpha value is -1.14. The molecule has 1 aliphatic rings. The molecule has 1 aromatic carbocycles. The number of hydrogen-bond acceptors (Lipinski definition) is 5. The normalized spacial score (nSPS) is 27.6. The number of benzene rings is 1. The molecule has 0 saturated carbocycles. The van der Waals surface area contributed by atoms with E-state index in [-0.39, 0.29) is 12.6 Å². The molecule has 0 amide bonds. The summed E-state index contributed by atoms with van der Waals surface area (Å²) in [7, 11) is 0. The fraction of sp³-hybridized carbons (Fsp3) is 0.571. The highest BCUT2D eigenvalue weighted by Crippen LogP contribution is 2.18. The van der Waals surface area contributed by atoms with Crippen LogP contribution in [-0.4, -0.2) is 64.8 Å². The summed E-state index contributed by atoms with van der Waals surface area (Å²) in [5.41, 5.74) is 0. The maximum atomic E-state index is 9.68. The SMILES string of the molecule is OC[C@@H]1[C@@H](O)[C@H](O)CN1CCCOc1ccccc1. The molecule has 106 valence electrons. The lowest BCUT2D eigenvalue weighted by atomic mass is 10.1. The number of β-amino-alcohol motifs (C(OH)–C–C–N with tert-alkyl or cyclic N) is 1. The predicted molar refractivity (Wildman–Crippen MR) is 71.0 cm³/mol. The lowest BCUT2D eigenvalue weighted by molar-refractivity contribution is 0.0214. The molecule has 3 atom stereocenters. The average molecular weight is 267 g/mol. The summed E-state index contributed by atoms with van der Waals surface area (Å²) in [6.45, 7) is 1.52. The lowest BCUT2D eigenvalue weighted by Gasteiger charge is -2.23. The maximum absolute atomic E-state index is 9.68. The van der Waals surface area contributed by atoms with E-state index in [1.165, 1.54) is 0 Å². The first-order chi connectivity index (χ1) is 9.22. The lowest BCUT2D eigenvalue weighted by Crippen LogP contribution is -2.39. The van der Waals surface area contributed by atoms with Crippen LogP contribution in [0.1, 0.15) is 6.42 Å². The Kier molecular flexibility index (Phi) is 5.15. The van der Waals surface area contributed by atoms with Gasteiger partial charge in [0, 0.05) is 13.1 Å². The number of nitrogens with zero attached hydrogens (tertiary/aromatic N) is 1. The van der Waals surface area contributed by atoms with Crippen molar-refractivity contribution >= 4 is 0 Å². The minimum atomic E-state index is -0.861. The van der Waals surface area contributed by atoms with Gasteiger partial charge in [-0.25, -0.2) is 0 Å². The standard InChI is InChI=1S/C14H21NO4/c16-10-12-14(18)13(17)9-15(12)7-4-8-19-11-5-2-1-3-6-11/h1-3,5-6,12-14,16-18H,4,7-10H2/t12-,13-,14-/m1/s1. The van der Waals surface area contributed by atoms with Crippen molar-refractivity contribution in [1.29, 1.82) is 0 Å². The monoisotopic (exact) mass is 267 g/mol. The molecule has 0 radical (unpaired) electrons. The van der Waals surface area contributed by atoms with Crippen LogP contribution in [0.25, 0.3) is 0 Å². The average Bonchev–Trinajstić information content (AvgIpc) is 2.71. The Balaban J connectivity index is 1.71. The second-order valence-corrected chi connectivity index (χ2v) is 4.82. The Labute approximate surface area is 113 Å². The van der Waals surface area contributed by atoms with E-state index in [1.807, 2.05) is 35.2 Å². The molecule has 2 rings (SSSR count). The summed E-state index contributed by atoms with van der Waals surface area (Å²) in [6.07, 6.45) is -0.850. The number of aliphatic hydroxyl groups is 3. The van der Waals surface area contributed by atoms with Gasteiger partial charge in [-0.05, 0) is 18.6 Å². The Morgan fingerprint density at radius 1 is 1.21 bits per heavy atom. The third kappa shape index (κ3) is 3.67. The topological polar surface area (TPSA) is 73.2 Å². The molecule has 1 saturated heterocycles. The molecular weight excluding hydrogens is 246 g/mol. The zero-order chi connectivity index (χ0) is 13.7. The van der Waals surface area contributed by atoms with Gasteiger partial charge in [0.25, 0.3) is 0 Å². The van der Waals surface area contributed by atoms with Crippen molar-refractivity contribution < 1.29 is 20.1 Å². The zero-order valence-corrected chi connectivity index (χ0v) is 10.9. The van der Waals surface area contributed by atoms with Gasteiger partial charge >= 0.3 is 0 Å². The predicted octanol–water partition coefficient (Wildman–Crippen LogP) is -0.146. The third-order valence-corrected chi connectivity index (χ3v) is 3.47. The van der Waals surface area contributed by atoms with Gasteiger partial charge in [0.15, 0.2) is 0 Å². The minimum Gasteiger partial charge on any atom is -0.494 e. The number of aliphatic hydroxyl groups excluding tert-OH is 3. The first kappa shape index (κ1) is 14.3. The number of hydrogen-bond donors (Lipinski definition) is 3. The number of para-hydroxylation sites is 1. The van der Waals surface area contributed by atoms with E-state index in [1.54, 1.807) is 0 Å². The Morgan fingerprint density at radius 2 is 1.95 bits per heavy atom. The molecule has 1 aliphatic heterocycles. The number of rotatable bonds is 6. The van der Waals surface area contributed by atoms with Crippen LogP contribution < -0.4 is 4.74 Å². The van der Waals surface area contributed by atoms with Crippen molar-refractivity contribution in [2.45, 2.75) is 24.7 Å². The van der Waals surface area contributed by atoms with Crippen molar-refractivity contribution in [2.75, 3.05) is 26.3 Å². The van der Waals surface area contributed by atoms with E-state index in [0.717, 1.165) is 12.2 Å². The van der Waals surface area contributed by atoms with Gasteiger partial charge in [-0.3, -0.25) is 4.90 Å². The van der Waals surface area contributed by atoms with Crippen molar-refractivity contribution in [3.8, 4) is 5.75 Å². The van der Waals surface area contributed by atoms with Crippen molar-refractivity contribution in [1.82, 2.24) is 4.90 Å². The van der Waals surface area contributed by atoms with Crippen LogP contribution in [-0.2, 0) is 0 Å². The maximum Gasteiger partial charge on any atom is 0.119 e. The highest BCUT2D eigenvalue weighted by atomic mass is 16.5. The van der Waals surface area contributed by atoms with Gasteiger partial charge in [-0.15, -0.1) is 0 Å². The molecule has 19 heavy (non-hydrogen) atoms. The highest BCUT2D eigenvalue weighted by molar-refractivity contribution is 5.20. The summed E-state index contributed by atoms with van der Waals surface area (Å²) in [5.74, 6) is 0.836. The van der Waals surface area contributed by atoms with Crippen LogP contribution in [0, 0.1) is 0 Å². The van der Waals surface area contributed by atoms with Gasteiger partial charge in [0.2, 0.25) is 0 Å². The molecule has 5 heteroatoms. The largest absolute Gasteiger partial charge is 0.494 e. The Morgan fingerprint density at radius 3 is 2.63 bits per heavy atom. The smallest absolute Gasteiger partial charge is 0.119 e. The van der Waals surface area contributed by atoms with E-state index < -0.39 is 12.2 Å². The van der Waals surface area contributed by atoms with Gasteiger partial charge in [0.05, 0.1) is 31.5 Å². The van der Waals surface area contributed by atoms with Gasteiger partial charge < -0.3 is 20.1 Å². The summed E-state index contributed by atoms with van der Waals surface area (Å²) in [6, 6.07) is 9.21. The first-order valence-electron chi connectivity index (χ1n) is 6.61. The van der Waals surface area contributed by atoms with Crippen LogP contribution in [0.2, 0.25) is 0 Å². The highest BCUT2D eigenvalue weighted by Gasteiger charge is 2.38.